The molecule has 3 rings (SSSR count). The molecular formula is C19H30IN3O. The molecule has 2 aliphatic rings. The number of nitrogens with one attached hydrogen (secondary N) is 1. The van der Waals surface area contributed by atoms with Gasteiger partial charge in [-0.25, -0.2) is 0 Å². The number of ether oxygens (including phenoxy) is 1. The minimum absolute atomic E-state index is 0. The van der Waals surface area contributed by atoms with Crippen LogP contribution in [0.1, 0.15) is 44.1 Å². The first-order valence-electron chi connectivity index (χ1n) is 8.76. The van der Waals surface area contributed by atoms with Crippen molar-refractivity contribution in [1.82, 2.24) is 10.2 Å². The normalized spacial score (nSPS) is 20.3. The van der Waals surface area contributed by atoms with Gasteiger partial charge in [-0.3, -0.25) is 4.99 Å². The van der Waals surface area contributed by atoms with Gasteiger partial charge in [-0.15, -0.1) is 24.0 Å². The van der Waals surface area contributed by atoms with Gasteiger partial charge in [0.05, 0.1) is 7.11 Å². The molecule has 1 heterocycles. The standard InChI is InChI=1S/C19H29N3O.HI/c1-15(16-7-4-5-8-17(16)23-3)13-21-18(20-2)22-12-11-19(14-22)9-6-10-19;/h4-5,7-8,15H,6,9-14H2,1-3H3,(H,20,21);1H. The lowest BCUT2D eigenvalue weighted by Gasteiger charge is -2.38. The van der Waals surface area contributed by atoms with Gasteiger partial charge in [-0.05, 0) is 36.3 Å². The summed E-state index contributed by atoms with van der Waals surface area (Å²) in [7, 11) is 3.63. The summed E-state index contributed by atoms with van der Waals surface area (Å²) in [6.07, 6.45) is 5.54. The smallest absolute Gasteiger partial charge is 0.193 e. The van der Waals surface area contributed by atoms with Crippen LogP contribution >= 0.6 is 24.0 Å². The molecule has 1 saturated heterocycles. The molecule has 1 unspecified atom stereocenters. The van der Waals surface area contributed by atoms with Crippen molar-refractivity contribution in [2.45, 2.75) is 38.5 Å². The molecule has 1 atom stereocenters. The van der Waals surface area contributed by atoms with Crippen molar-refractivity contribution in [3.8, 4) is 5.75 Å². The Morgan fingerprint density at radius 2 is 2.08 bits per heavy atom. The van der Waals surface area contributed by atoms with Gasteiger partial charge in [0.15, 0.2) is 5.96 Å². The largest absolute Gasteiger partial charge is 0.496 e. The first kappa shape index (κ1) is 19.3. The third-order valence-corrected chi connectivity index (χ3v) is 5.60. The maximum atomic E-state index is 5.48. The SMILES string of the molecule is CN=C(NCC(C)c1ccccc1OC)N1CCC2(CCC2)C1.I. The van der Waals surface area contributed by atoms with Gasteiger partial charge in [-0.2, -0.15) is 0 Å². The average Bonchev–Trinajstić information content (AvgIpc) is 3.01. The van der Waals surface area contributed by atoms with Crippen LogP contribution in [0.2, 0.25) is 0 Å². The number of halogens is 1. The van der Waals surface area contributed by atoms with Gasteiger partial charge in [-0.1, -0.05) is 31.5 Å². The van der Waals surface area contributed by atoms with Crippen LogP contribution < -0.4 is 10.1 Å². The van der Waals surface area contributed by atoms with E-state index in [-0.39, 0.29) is 24.0 Å². The fourth-order valence-corrected chi connectivity index (χ4v) is 3.96. The molecule has 134 valence electrons. The molecule has 2 fully saturated rings. The zero-order valence-corrected chi connectivity index (χ0v) is 17.4. The Hall–Kier alpha value is -0.980. The first-order chi connectivity index (χ1) is 11.2. The highest BCUT2D eigenvalue weighted by Gasteiger charge is 2.43. The molecule has 0 aromatic heterocycles. The first-order valence-corrected chi connectivity index (χ1v) is 8.76. The molecule has 24 heavy (non-hydrogen) atoms. The van der Waals surface area contributed by atoms with Gasteiger partial charge >= 0.3 is 0 Å². The van der Waals surface area contributed by atoms with Gasteiger partial charge in [0.2, 0.25) is 0 Å². The van der Waals surface area contributed by atoms with E-state index in [2.05, 4.69) is 34.3 Å². The second-order valence-corrected chi connectivity index (χ2v) is 7.10. The molecule has 1 aromatic carbocycles. The van der Waals surface area contributed by atoms with Crippen LogP contribution in [0.4, 0.5) is 0 Å². The Morgan fingerprint density at radius 3 is 2.67 bits per heavy atom. The molecule has 1 saturated carbocycles. The van der Waals surface area contributed by atoms with Crippen molar-refractivity contribution >= 4 is 29.9 Å². The molecule has 5 heteroatoms. The number of methoxy groups -OCH3 is 1. The highest BCUT2D eigenvalue weighted by Crippen LogP contribution is 2.47. The van der Waals surface area contributed by atoms with E-state index in [1.807, 2.05) is 19.2 Å². The van der Waals surface area contributed by atoms with E-state index in [9.17, 15) is 0 Å². The third kappa shape index (κ3) is 3.98. The third-order valence-electron chi connectivity index (χ3n) is 5.60. The topological polar surface area (TPSA) is 36.9 Å². The quantitative estimate of drug-likeness (QED) is 0.436. The van der Waals surface area contributed by atoms with Crippen molar-refractivity contribution in [3.05, 3.63) is 29.8 Å². The predicted molar refractivity (Wildman–Crippen MR) is 111 cm³/mol. The van der Waals surface area contributed by atoms with Gasteiger partial charge < -0.3 is 15.0 Å². The lowest BCUT2D eigenvalue weighted by Crippen LogP contribution is -2.43. The number of hydrogen-bond acceptors (Lipinski definition) is 2. The van der Waals surface area contributed by atoms with Crippen LogP contribution in [-0.4, -0.2) is 44.7 Å². The fraction of sp³-hybridized carbons (Fsp3) is 0.632. The van der Waals surface area contributed by atoms with Crippen LogP contribution in [0.15, 0.2) is 29.3 Å². The zero-order chi connectivity index (χ0) is 16.3. The van der Waals surface area contributed by atoms with E-state index in [4.69, 9.17) is 4.74 Å². The minimum atomic E-state index is 0. The molecule has 1 spiro atoms. The summed E-state index contributed by atoms with van der Waals surface area (Å²) in [6, 6.07) is 8.27. The van der Waals surface area contributed by atoms with Crippen molar-refractivity contribution in [1.29, 1.82) is 0 Å². The molecule has 4 nitrogen and oxygen atoms in total. The number of benzene rings is 1. The van der Waals surface area contributed by atoms with Crippen LogP contribution in [0.25, 0.3) is 0 Å². The summed E-state index contributed by atoms with van der Waals surface area (Å²) in [5.74, 6) is 2.39. The maximum Gasteiger partial charge on any atom is 0.193 e. The summed E-state index contributed by atoms with van der Waals surface area (Å²) in [6.45, 7) is 5.42. The Bertz CT molecular complexity index is 571. The van der Waals surface area contributed by atoms with Crippen LogP contribution in [0.5, 0.6) is 5.75 Å². The van der Waals surface area contributed by atoms with Crippen LogP contribution in [0, 0.1) is 5.41 Å². The van der Waals surface area contributed by atoms with Crippen molar-refractivity contribution in [2.24, 2.45) is 10.4 Å². The maximum absolute atomic E-state index is 5.48. The van der Waals surface area contributed by atoms with Crippen molar-refractivity contribution < 1.29 is 4.74 Å². The van der Waals surface area contributed by atoms with Gasteiger partial charge in [0.1, 0.15) is 5.75 Å². The summed E-state index contributed by atoms with van der Waals surface area (Å²) >= 11 is 0. The zero-order valence-electron chi connectivity index (χ0n) is 15.0. The number of hydrogen-bond donors (Lipinski definition) is 1. The number of nitrogens with zero attached hydrogens (tertiary/aromatic N) is 2. The van der Waals surface area contributed by atoms with E-state index in [1.165, 1.54) is 37.8 Å². The Kier molecular flexibility index (Phi) is 6.78. The molecule has 0 amide bonds. The molecule has 1 N–H and O–H groups in total. The number of para-hydroxylation sites is 1. The van der Waals surface area contributed by atoms with Crippen LogP contribution in [-0.2, 0) is 0 Å². The molecule has 1 aromatic rings. The number of likely N-dealkylation sites (tertiary alicyclic amines) is 1. The summed E-state index contributed by atoms with van der Waals surface area (Å²) in [5, 5.41) is 3.57. The monoisotopic (exact) mass is 443 g/mol. The summed E-state index contributed by atoms with van der Waals surface area (Å²) < 4.78 is 5.48. The fourth-order valence-electron chi connectivity index (χ4n) is 3.96. The lowest BCUT2D eigenvalue weighted by molar-refractivity contribution is 0.151. The molecule has 1 aliphatic carbocycles. The van der Waals surface area contributed by atoms with E-state index in [0.29, 0.717) is 11.3 Å². The summed E-state index contributed by atoms with van der Waals surface area (Å²) in [4.78, 5) is 6.94. The van der Waals surface area contributed by atoms with Crippen LogP contribution in [0.3, 0.4) is 0 Å². The highest BCUT2D eigenvalue weighted by atomic mass is 127. The molecule has 1 aliphatic heterocycles. The van der Waals surface area contributed by atoms with Gasteiger partial charge in [0, 0.05) is 32.6 Å². The van der Waals surface area contributed by atoms with E-state index >= 15 is 0 Å². The highest BCUT2D eigenvalue weighted by molar-refractivity contribution is 14.0. The Morgan fingerprint density at radius 1 is 1.33 bits per heavy atom. The molecular weight excluding hydrogens is 413 g/mol. The Labute approximate surface area is 163 Å². The van der Waals surface area contributed by atoms with E-state index in [1.54, 1.807) is 7.11 Å². The van der Waals surface area contributed by atoms with E-state index < -0.39 is 0 Å². The average molecular weight is 443 g/mol. The lowest BCUT2D eigenvalue weighted by atomic mass is 9.68. The van der Waals surface area contributed by atoms with Crippen molar-refractivity contribution in [2.75, 3.05) is 33.8 Å². The Balaban J connectivity index is 0.00000208. The number of rotatable bonds is 4. The van der Waals surface area contributed by atoms with Gasteiger partial charge in [0.25, 0.3) is 0 Å². The number of aliphatic imine (C=N–C) groups is 1. The molecule has 0 radical (unpaired) electrons. The minimum Gasteiger partial charge on any atom is -0.496 e. The van der Waals surface area contributed by atoms with Crippen molar-refractivity contribution in [3.63, 3.8) is 0 Å². The number of guanidine groups is 1. The van der Waals surface area contributed by atoms with E-state index in [0.717, 1.165) is 24.8 Å². The summed E-state index contributed by atoms with van der Waals surface area (Å²) in [5.41, 5.74) is 1.85. The molecule has 0 bridgehead atoms. The second kappa shape index (κ2) is 8.41. The second-order valence-electron chi connectivity index (χ2n) is 7.10. The predicted octanol–water partition coefficient (Wildman–Crippen LogP) is 3.87.